The molecule has 6 nitrogen and oxygen atoms in total. The fourth-order valence-electron chi connectivity index (χ4n) is 2.77. The van der Waals surface area contributed by atoms with E-state index in [9.17, 15) is 4.79 Å². The van der Waals surface area contributed by atoms with E-state index in [4.69, 9.17) is 15.2 Å². The van der Waals surface area contributed by atoms with Crippen molar-refractivity contribution in [3.63, 3.8) is 0 Å². The summed E-state index contributed by atoms with van der Waals surface area (Å²) in [7, 11) is 3.34. The van der Waals surface area contributed by atoms with Gasteiger partial charge in [-0.1, -0.05) is 24.3 Å². The van der Waals surface area contributed by atoms with Gasteiger partial charge in [-0.05, 0) is 35.4 Å². The minimum absolute atomic E-state index is 0.0238. The van der Waals surface area contributed by atoms with Crippen LogP contribution < -0.4 is 20.5 Å². The van der Waals surface area contributed by atoms with Crippen LogP contribution in [0.3, 0.4) is 0 Å². The van der Waals surface area contributed by atoms with Gasteiger partial charge in [-0.15, -0.1) is 0 Å². The molecule has 0 fully saturated rings. The maximum absolute atomic E-state index is 12.2. The van der Waals surface area contributed by atoms with Gasteiger partial charge in [0.15, 0.2) is 0 Å². The fraction of sp³-hybridized carbons (Fsp3) is 0.435. The van der Waals surface area contributed by atoms with Gasteiger partial charge in [0.25, 0.3) is 0 Å². The Kier molecular flexibility index (Phi) is 12.3. The quantitative estimate of drug-likeness (QED) is 0.310. The lowest BCUT2D eigenvalue weighted by Crippen LogP contribution is -2.41. The number of nitrogens with zero attached hydrogens (tertiary/aromatic N) is 1. The summed E-state index contributed by atoms with van der Waals surface area (Å²) in [5.74, 6) is 5.40. The van der Waals surface area contributed by atoms with Crippen LogP contribution in [0.15, 0.2) is 48.5 Å². The number of amides is 1. The Morgan fingerprint density at radius 1 is 0.903 bits per heavy atom. The molecule has 0 aromatic heterocycles. The van der Waals surface area contributed by atoms with Crippen molar-refractivity contribution in [3.8, 4) is 11.5 Å². The topological polar surface area (TPSA) is 76.8 Å². The van der Waals surface area contributed by atoms with Crippen LogP contribution in [0.5, 0.6) is 11.5 Å². The number of methoxy groups -OCH3 is 2. The molecular weight excluding hydrogens is 430 g/mol. The number of rotatable bonds is 15. The first kappa shape index (κ1) is 25.4. The monoisotopic (exact) mass is 463 g/mol. The van der Waals surface area contributed by atoms with Crippen molar-refractivity contribution in [2.45, 2.75) is 11.5 Å². The molecule has 0 heterocycles. The maximum atomic E-state index is 12.2. The summed E-state index contributed by atoms with van der Waals surface area (Å²) >= 11 is 3.63. The van der Waals surface area contributed by atoms with Crippen LogP contribution in [0, 0.1) is 0 Å². The van der Waals surface area contributed by atoms with E-state index in [2.05, 4.69) is 29.6 Å². The number of hydrogen-bond acceptors (Lipinski definition) is 7. The largest absolute Gasteiger partial charge is 0.497 e. The molecular formula is C23H33N3O3S2. The number of nitrogens with two attached hydrogens (primary N) is 1. The molecule has 0 aliphatic heterocycles. The number of benzene rings is 2. The average molecular weight is 464 g/mol. The van der Waals surface area contributed by atoms with Gasteiger partial charge in [0.05, 0.1) is 20.8 Å². The van der Waals surface area contributed by atoms with Gasteiger partial charge < -0.3 is 20.5 Å². The van der Waals surface area contributed by atoms with E-state index in [0.29, 0.717) is 19.8 Å². The van der Waals surface area contributed by atoms with Gasteiger partial charge in [-0.25, -0.2) is 0 Å². The normalized spacial score (nSPS) is 10.8. The minimum atomic E-state index is 0.0238. The summed E-state index contributed by atoms with van der Waals surface area (Å²) in [6.45, 7) is 2.16. The Labute approximate surface area is 194 Å². The molecule has 31 heavy (non-hydrogen) atoms. The zero-order chi connectivity index (χ0) is 22.3. The van der Waals surface area contributed by atoms with Gasteiger partial charge in [0, 0.05) is 42.8 Å². The Hall–Kier alpha value is -1.87. The van der Waals surface area contributed by atoms with E-state index in [1.165, 1.54) is 11.1 Å². The van der Waals surface area contributed by atoms with Gasteiger partial charge in [0.1, 0.15) is 11.5 Å². The van der Waals surface area contributed by atoms with E-state index in [0.717, 1.165) is 41.1 Å². The van der Waals surface area contributed by atoms with Crippen LogP contribution in [-0.2, 0) is 16.3 Å². The number of nitrogens with one attached hydrogen (secondary N) is 1. The molecule has 2 aromatic rings. The maximum Gasteiger partial charge on any atom is 0.234 e. The molecule has 0 aliphatic carbocycles. The molecule has 8 heteroatoms. The summed E-state index contributed by atoms with van der Waals surface area (Å²) in [5.41, 5.74) is 8.33. The summed E-state index contributed by atoms with van der Waals surface area (Å²) < 4.78 is 10.3. The molecule has 0 spiro atoms. The van der Waals surface area contributed by atoms with E-state index in [-0.39, 0.29) is 5.91 Å². The van der Waals surface area contributed by atoms with Crippen LogP contribution in [0.25, 0.3) is 0 Å². The molecule has 0 saturated heterocycles. The third-order valence-electron chi connectivity index (χ3n) is 4.60. The van der Waals surface area contributed by atoms with Crippen molar-refractivity contribution < 1.29 is 14.3 Å². The van der Waals surface area contributed by atoms with Crippen LogP contribution in [0.4, 0.5) is 0 Å². The first-order chi connectivity index (χ1) is 15.1. The second kappa shape index (κ2) is 15.0. The molecule has 0 atom stereocenters. The van der Waals surface area contributed by atoms with Gasteiger partial charge in [0.2, 0.25) is 5.91 Å². The second-order valence-corrected chi connectivity index (χ2v) is 9.10. The molecule has 1 amide bonds. The molecule has 3 N–H and O–H groups in total. The van der Waals surface area contributed by atoms with E-state index in [1.54, 1.807) is 26.0 Å². The predicted molar refractivity (Wildman–Crippen MR) is 132 cm³/mol. The van der Waals surface area contributed by atoms with Crippen molar-refractivity contribution in [3.05, 3.63) is 59.7 Å². The summed E-state index contributed by atoms with van der Waals surface area (Å²) in [6, 6.07) is 16.2. The Bertz CT molecular complexity index is 758. The number of hydrogen-bond donors (Lipinski definition) is 2. The highest BCUT2D eigenvalue weighted by atomic mass is 32.2. The lowest BCUT2D eigenvalue weighted by atomic mass is 10.2. The second-order valence-electron chi connectivity index (χ2n) is 6.89. The fourth-order valence-corrected chi connectivity index (χ4v) is 4.55. The Balaban J connectivity index is 1.54. The van der Waals surface area contributed by atoms with Crippen LogP contribution in [0.2, 0.25) is 0 Å². The van der Waals surface area contributed by atoms with Crippen molar-refractivity contribution in [2.75, 3.05) is 52.0 Å². The number of carbonyl (C=O) groups excluding carboxylic acids is 1. The number of ether oxygens (including phenoxy) is 2. The molecule has 2 rings (SSSR count). The smallest absolute Gasteiger partial charge is 0.234 e. The summed E-state index contributed by atoms with van der Waals surface area (Å²) in [5, 5.41) is 2.98. The molecule has 0 unspecified atom stereocenters. The molecule has 0 aliphatic rings. The van der Waals surface area contributed by atoms with E-state index >= 15 is 0 Å². The van der Waals surface area contributed by atoms with Gasteiger partial charge >= 0.3 is 0 Å². The van der Waals surface area contributed by atoms with Crippen molar-refractivity contribution in [2.24, 2.45) is 5.73 Å². The molecule has 0 saturated carbocycles. The van der Waals surface area contributed by atoms with E-state index in [1.807, 2.05) is 40.9 Å². The first-order valence-corrected chi connectivity index (χ1v) is 12.6. The first-order valence-electron chi connectivity index (χ1n) is 10.2. The molecule has 0 radical (unpaired) electrons. The zero-order valence-electron chi connectivity index (χ0n) is 18.3. The van der Waals surface area contributed by atoms with Crippen LogP contribution in [-0.4, -0.2) is 62.8 Å². The lowest BCUT2D eigenvalue weighted by molar-refractivity contribution is -0.122. The van der Waals surface area contributed by atoms with Crippen molar-refractivity contribution in [1.29, 1.82) is 0 Å². The predicted octanol–water partition coefficient (Wildman–Crippen LogP) is 3.20. The highest BCUT2D eigenvalue weighted by Crippen LogP contribution is 2.17. The standard InChI is InChI=1S/C23H33N3O3S2/c1-28-21-7-3-19(4-8-21)16-30-13-11-25-23(27)15-26(18-24)12-14-31-17-20-5-9-22(29-2)10-6-20/h3-10H,11-18,24H2,1-2H3,(H,25,27). The highest BCUT2D eigenvalue weighted by Gasteiger charge is 2.09. The minimum Gasteiger partial charge on any atom is -0.497 e. The SMILES string of the molecule is COc1ccc(CSCCNC(=O)CN(CN)CCSCc2ccc(OC)cc2)cc1. The number of carbonyl (C=O) groups is 1. The molecule has 0 bridgehead atoms. The van der Waals surface area contributed by atoms with Gasteiger partial charge in [-0.3, -0.25) is 9.69 Å². The summed E-state index contributed by atoms with van der Waals surface area (Å²) in [6.07, 6.45) is 0. The van der Waals surface area contributed by atoms with E-state index < -0.39 is 0 Å². The Morgan fingerprint density at radius 2 is 1.42 bits per heavy atom. The summed E-state index contributed by atoms with van der Waals surface area (Å²) in [4.78, 5) is 14.2. The van der Waals surface area contributed by atoms with Crippen LogP contribution >= 0.6 is 23.5 Å². The lowest BCUT2D eigenvalue weighted by Gasteiger charge is -2.19. The zero-order valence-corrected chi connectivity index (χ0v) is 20.0. The third kappa shape index (κ3) is 10.3. The average Bonchev–Trinajstić information content (AvgIpc) is 2.81. The van der Waals surface area contributed by atoms with Crippen molar-refractivity contribution in [1.82, 2.24) is 10.2 Å². The highest BCUT2D eigenvalue weighted by molar-refractivity contribution is 7.98. The van der Waals surface area contributed by atoms with Crippen molar-refractivity contribution >= 4 is 29.4 Å². The molecule has 2 aromatic carbocycles. The van der Waals surface area contributed by atoms with Crippen LogP contribution in [0.1, 0.15) is 11.1 Å². The molecule has 170 valence electrons. The number of thioether (sulfide) groups is 2. The Morgan fingerprint density at radius 3 is 1.90 bits per heavy atom. The third-order valence-corrected chi connectivity index (χ3v) is 6.64. The van der Waals surface area contributed by atoms with Gasteiger partial charge in [-0.2, -0.15) is 23.5 Å².